The Morgan fingerprint density at radius 1 is 1.38 bits per heavy atom. The summed E-state index contributed by atoms with van der Waals surface area (Å²) in [5.74, 6) is -1.77. The Labute approximate surface area is 92.5 Å². The third-order valence-corrected chi connectivity index (χ3v) is 2.68. The third-order valence-electron chi connectivity index (χ3n) is 2.68. The van der Waals surface area contributed by atoms with E-state index in [2.05, 4.69) is 0 Å². The van der Waals surface area contributed by atoms with Crippen LogP contribution in [0.4, 0.5) is 13.2 Å². The van der Waals surface area contributed by atoms with Gasteiger partial charge in [0.05, 0.1) is 6.61 Å². The van der Waals surface area contributed by atoms with E-state index in [1.54, 1.807) is 0 Å². The molecule has 1 fully saturated rings. The van der Waals surface area contributed by atoms with Crippen molar-refractivity contribution in [1.29, 1.82) is 0 Å². The number of Topliss-reactive ketones (excluding diaryl/α,β-unsaturated/α-hetero) is 1. The van der Waals surface area contributed by atoms with Gasteiger partial charge in [-0.15, -0.1) is 0 Å². The molecule has 0 spiro atoms. The molecule has 0 N–H and O–H groups in total. The zero-order chi connectivity index (χ0) is 12.3. The van der Waals surface area contributed by atoms with Crippen molar-refractivity contribution in [2.24, 2.45) is 0 Å². The minimum Gasteiger partial charge on any atom is -0.369 e. The fourth-order valence-corrected chi connectivity index (χ4v) is 1.70. The minimum absolute atomic E-state index is 0.108. The highest BCUT2D eigenvalue weighted by Crippen LogP contribution is 2.22. The summed E-state index contributed by atoms with van der Waals surface area (Å²) in [6.45, 7) is 5.13. The van der Waals surface area contributed by atoms with Crippen LogP contribution in [0.2, 0.25) is 0 Å². The number of alkyl halides is 3. The Morgan fingerprint density at radius 3 is 2.50 bits per heavy atom. The summed E-state index contributed by atoms with van der Waals surface area (Å²) < 4.78 is 41.5. The first kappa shape index (κ1) is 13.4. The molecule has 0 saturated carbocycles. The zero-order valence-electron chi connectivity index (χ0n) is 9.38. The van der Waals surface area contributed by atoms with Crippen LogP contribution in [0.15, 0.2) is 0 Å². The number of ketones is 1. The minimum atomic E-state index is -4.79. The highest BCUT2D eigenvalue weighted by molar-refractivity contribution is 5.88. The summed E-state index contributed by atoms with van der Waals surface area (Å²) in [4.78, 5) is 13.0. The number of hydrogen-bond acceptors (Lipinski definition) is 3. The molecule has 0 aromatic heterocycles. The molecule has 1 rings (SSSR count). The molecule has 16 heavy (non-hydrogen) atoms. The number of carbonyl (C=O) groups is 1. The Morgan fingerprint density at radius 2 is 2.00 bits per heavy atom. The molecule has 3 nitrogen and oxygen atoms in total. The summed E-state index contributed by atoms with van der Waals surface area (Å²) >= 11 is 0. The molecule has 0 aromatic rings. The molecule has 1 saturated heterocycles. The summed E-state index contributed by atoms with van der Waals surface area (Å²) in [6, 6.07) is 0.253. The average Bonchev–Trinajstić information content (AvgIpc) is 2.39. The zero-order valence-corrected chi connectivity index (χ0v) is 9.38. The lowest BCUT2D eigenvalue weighted by Crippen LogP contribution is -2.37. The van der Waals surface area contributed by atoms with E-state index in [9.17, 15) is 18.0 Å². The molecule has 0 aromatic carbocycles. The summed E-state index contributed by atoms with van der Waals surface area (Å²) in [5.41, 5.74) is 0. The molecule has 0 aliphatic carbocycles. The fourth-order valence-electron chi connectivity index (χ4n) is 1.70. The van der Waals surface area contributed by atoms with Gasteiger partial charge in [0.1, 0.15) is 6.10 Å². The van der Waals surface area contributed by atoms with Gasteiger partial charge < -0.3 is 4.74 Å². The van der Waals surface area contributed by atoms with Gasteiger partial charge in [0.2, 0.25) is 0 Å². The second-order valence-corrected chi connectivity index (χ2v) is 4.14. The molecular formula is C10H16F3NO2. The monoisotopic (exact) mass is 239 g/mol. The fraction of sp³-hybridized carbons (Fsp3) is 0.900. The molecule has 1 atom stereocenters. The van der Waals surface area contributed by atoms with E-state index in [-0.39, 0.29) is 19.1 Å². The predicted molar refractivity (Wildman–Crippen MR) is 52.1 cm³/mol. The van der Waals surface area contributed by atoms with Gasteiger partial charge in [0, 0.05) is 19.1 Å². The van der Waals surface area contributed by atoms with Crippen LogP contribution in [0, 0.1) is 0 Å². The summed E-state index contributed by atoms with van der Waals surface area (Å²) in [7, 11) is 0. The highest BCUT2D eigenvalue weighted by atomic mass is 19.4. The normalized spacial score (nSPS) is 24.5. The van der Waals surface area contributed by atoms with Crippen LogP contribution in [0.1, 0.15) is 20.3 Å². The van der Waals surface area contributed by atoms with Crippen LogP contribution in [0.25, 0.3) is 0 Å². The van der Waals surface area contributed by atoms with E-state index < -0.39 is 18.1 Å². The van der Waals surface area contributed by atoms with Crippen molar-refractivity contribution in [3.63, 3.8) is 0 Å². The Bertz CT molecular complexity index is 253. The quantitative estimate of drug-likeness (QED) is 0.733. The molecule has 6 heteroatoms. The van der Waals surface area contributed by atoms with Gasteiger partial charge >= 0.3 is 6.18 Å². The summed E-state index contributed by atoms with van der Waals surface area (Å²) in [5, 5.41) is 0. The van der Waals surface area contributed by atoms with Crippen LogP contribution >= 0.6 is 0 Å². The molecule has 0 radical (unpaired) electrons. The van der Waals surface area contributed by atoms with Crippen LogP contribution in [0.5, 0.6) is 0 Å². The lowest BCUT2D eigenvalue weighted by Gasteiger charge is -2.23. The molecular weight excluding hydrogens is 223 g/mol. The van der Waals surface area contributed by atoms with Gasteiger partial charge in [-0.3, -0.25) is 9.69 Å². The van der Waals surface area contributed by atoms with Crippen LogP contribution in [-0.4, -0.2) is 48.7 Å². The second-order valence-electron chi connectivity index (χ2n) is 4.14. The van der Waals surface area contributed by atoms with Crippen LogP contribution in [-0.2, 0) is 9.53 Å². The van der Waals surface area contributed by atoms with Crippen LogP contribution in [0.3, 0.4) is 0 Å². The van der Waals surface area contributed by atoms with Crippen LogP contribution < -0.4 is 0 Å². The molecule has 0 amide bonds. The first-order chi connectivity index (χ1) is 7.32. The molecule has 1 heterocycles. The largest absolute Gasteiger partial charge is 0.452 e. The lowest BCUT2D eigenvalue weighted by molar-refractivity contribution is -0.182. The van der Waals surface area contributed by atoms with E-state index >= 15 is 0 Å². The van der Waals surface area contributed by atoms with E-state index in [1.807, 2.05) is 18.7 Å². The predicted octanol–water partition coefficient (Wildman–Crippen LogP) is 1.62. The number of halogens is 3. The molecule has 1 aliphatic rings. The van der Waals surface area contributed by atoms with Gasteiger partial charge in [-0.1, -0.05) is 0 Å². The average molecular weight is 239 g/mol. The maximum absolute atomic E-state index is 12.2. The van der Waals surface area contributed by atoms with Gasteiger partial charge in [-0.25, -0.2) is 0 Å². The Hall–Kier alpha value is -0.620. The van der Waals surface area contributed by atoms with E-state index in [0.717, 1.165) is 0 Å². The van der Waals surface area contributed by atoms with Crippen molar-refractivity contribution in [1.82, 2.24) is 4.90 Å². The first-order valence-corrected chi connectivity index (χ1v) is 5.29. The molecule has 1 aliphatic heterocycles. The molecule has 0 bridgehead atoms. The van der Waals surface area contributed by atoms with Crippen molar-refractivity contribution in [2.45, 2.75) is 38.6 Å². The Kier molecular flexibility index (Phi) is 4.32. The van der Waals surface area contributed by atoms with Crippen molar-refractivity contribution < 1.29 is 22.7 Å². The van der Waals surface area contributed by atoms with E-state index in [0.29, 0.717) is 13.1 Å². The maximum Gasteiger partial charge on any atom is 0.452 e. The van der Waals surface area contributed by atoms with Crippen molar-refractivity contribution in [2.75, 3.05) is 19.7 Å². The first-order valence-electron chi connectivity index (χ1n) is 5.29. The van der Waals surface area contributed by atoms with Gasteiger partial charge in [0.25, 0.3) is 5.78 Å². The number of hydrogen-bond donors (Lipinski definition) is 0. The SMILES string of the molecule is CC(C)N1CCOC(C(=O)C(F)(F)F)CC1. The van der Waals surface area contributed by atoms with Crippen molar-refractivity contribution in [3.05, 3.63) is 0 Å². The molecule has 94 valence electrons. The van der Waals surface area contributed by atoms with Gasteiger partial charge in [-0.2, -0.15) is 13.2 Å². The number of rotatable bonds is 2. The highest BCUT2D eigenvalue weighted by Gasteiger charge is 2.44. The number of ether oxygens (including phenoxy) is 1. The topological polar surface area (TPSA) is 29.5 Å². The van der Waals surface area contributed by atoms with Crippen molar-refractivity contribution in [3.8, 4) is 0 Å². The maximum atomic E-state index is 12.2. The van der Waals surface area contributed by atoms with E-state index in [4.69, 9.17) is 4.74 Å². The summed E-state index contributed by atoms with van der Waals surface area (Å²) in [6.07, 6.45) is -6.02. The number of nitrogens with zero attached hydrogens (tertiary/aromatic N) is 1. The third kappa shape index (κ3) is 3.45. The van der Waals surface area contributed by atoms with Gasteiger partial charge in [0.15, 0.2) is 0 Å². The van der Waals surface area contributed by atoms with Gasteiger partial charge in [-0.05, 0) is 20.3 Å². The smallest absolute Gasteiger partial charge is 0.369 e. The van der Waals surface area contributed by atoms with Crippen molar-refractivity contribution >= 4 is 5.78 Å². The van der Waals surface area contributed by atoms with E-state index in [1.165, 1.54) is 0 Å². The molecule has 1 unspecified atom stereocenters. The Balaban J connectivity index is 2.57. The standard InChI is InChI=1S/C10H16F3NO2/c1-7(2)14-4-3-8(16-6-5-14)9(15)10(11,12)13/h7-8H,3-6H2,1-2H3. The second kappa shape index (κ2) is 5.14. The lowest BCUT2D eigenvalue weighted by atomic mass is 10.1. The number of carbonyl (C=O) groups excluding carboxylic acids is 1.